The van der Waals surface area contributed by atoms with Crippen LogP contribution in [0.5, 0.6) is 5.75 Å². The fourth-order valence-electron chi connectivity index (χ4n) is 1.33. The number of ether oxygens (including phenoxy) is 1. The lowest BCUT2D eigenvalue weighted by atomic mass is 10.1. The highest BCUT2D eigenvalue weighted by molar-refractivity contribution is 6.83. The zero-order chi connectivity index (χ0) is 13.8. The Hall–Kier alpha value is -0.953. The Kier molecular flexibility index (Phi) is 5.27. The molecular formula is C14H19ClO2Si. The molecule has 2 nitrogen and oxygen atoms in total. The molecule has 0 fully saturated rings. The molecule has 0 unspecified atom stereocenters. The van der Waals surface area contributed by atoms with E-state index in [9.17, 15) is 5.11 Å². The molecule has 0 aromatic heterocycles. The average Bonchev–Trinajstić information content (AvgIpc) is 2.34. The summed E-state index contributed by atoms with van der Waals surface area (Å²) in [4.78, 5) is 0. The number of hydrogen-bond acceptors (Lipinski definition) is 2. The van der Waals surface area contributed by atoms with Crippen LogP contribution in [-0.2, 0) is 0 Å². The Morgan fingerprint density at radius 3 is 2.22 bits per heavy atom. The number of rotatable bonds is 3. The minimum absolute atomic E-state index is 0.579. The van der Waals surface area contributed by atoms with E-state index in [1.165, 1.54) is 0 Å². The molecule has 0 saturated heterocycles. The lowest BCUT2D eigenvalue weighted by molar-refractivity contribution is 0.187. The van der Waals surface area contributed by atoms with Crippen molar-refractivity contribution in [3.63, 3.8) is 0 Å². The van der Waals surface area contributed by atoms with E-state index in [4.69, 9.17) is 16.3 Å². The summed E-state index contributed by atoms with van der Waals surface area (Å²) >= 11 is 6.11. The summed E-state index contributed by atoms with van der Waals surface area (Å²) in [5.41, 5.74) is 3.92. The molecule has 0 amide bonds. The van der Waals surface area contributed by atoms with Gasteiger partial charge in [-0.25, -0.2) is 0 Å². The Morgan fingerprint density at radius 1 is 1.22 bits per heavy atom. The van der Waals surface area contributed by atoms with Crippen LogP contribution in [0.1, 0.15) is 11.7 Å². The van der Waals surface area contributed by atoms with Crippen LogP contribution in [0.3, 0.4) is 0 Å². The molecule has 0 radical (unpaired) electrons. The van der Waals surface area contributed by atoms with Gasteiger partial charge < -0.3 is 9.84 Å². The van der Waals surface area contributed by atoms with E-state index in [-0.39, 0.29) is 0 Å². The largest absolute Gasteiger partial charge is 0.497 e. The Morgan fingerprint density at radius 2 is 1.78 bits per heavy atom. The quantitative estimate of drug-likeness (QED) is 0.524. The van der Waals surface area contributed by atoms with E-state index in [2.05, 4.69) is 31.1 Å². The van der Waals surface area contributed by atoms with Gasteiger partial charge in [0.05, 0.1) is 7.11 Å². The molecule has 1 aromatic carbocycles. The molecule has 0 aliphatic carbocycles. The maximum atomic E-state index is 10.1. The molecule has 1 N–H and O–H groups in total. The van der Waals surface area contributed by atoms with Crippen molar-refractivity contribution in [3.8, 4) is 17.2 Å². The van der Waals surface area contributed by atoms with Gasteiger partial charge in [-0.15, -0.1) is 17.1 Å². The molecule has 4 heteroatoms. The molecule has 2 atom stereocenters. The Labute approximate surface area is 115 Å². The van der Waals surface area contributed by atoms with Crippen LogP contribution in [0.15, 0.2) is 24.3 Å². The van der Waals surface area contributed by atoms with Crippen molar-refractivity contribution < 1.29 is 9.84 Å². The third-order valence-corrected chi connectivity index (χ3v) is 3.56. The van der Waals surface area contributed by atoms with Crippen molar-refractivity contribution >= 4 is 19.7 Å². The predicted octanol–water partition coefficient (Wildman–Crippen LogP) is 3.22. The normalized spacial score (nSPS) is 14.3. The van der Waals surface area contributed by atoms with E-state index in [1.54, 1.807) is 31.4 Å². The molecule has 98 valence electrons. The molecule has 1 rings (SSSR count). The van der Waals surface area contributed by atoms with Gasteiger partial charge in [0.25, 0.3) is 0 Å². The van der Waals surface area contributed by atoms with Crippen LogP contribution >= 0.6 is 11.6 Å². The monoisotopic (exact) mass is 282 g/mol. The van der Waals surface area contributed by atoms with Crippen LogP contribution in [0.4, 0.5) is 0 Å². The first-order valence-corrected chi connectivity index (χ1v) is 9.76. The van der Waals surface area contributed by atoms with Crippen LogP contribution in [0.25, 0.3) is 0 Å². The standard InChI is InChI=1S/C14H19ClO2Si/c1-17-12-7-5-11(6-8-12)14(16)13(15)9-10-18(2,3)4/h5-8,13-14,16H,1-4H3/t13-,14+/m0/s1. The van der Waals surface area contributed by atoms with Crippen molar-refractivity contribution in [2.24, 2.45) is 0 Å². The van der Waals surface area contributed by atoms with Gasteiger partial charge in [0.1, 0.15) is 25.3 Å². The van der Waals surface area contributed by atoms with Crippen LogP contribution in [0, 0.1) is 11.5 Å². The van der Waals surface area contributed by atoms with Crippen molar-refractivity contribution in [2.75, 3.05) is 7.11 Å². The third-order valence-electron chi connectivity index (χ3n) is 2.32. The topological polar surface area (TPSA) is 29.5 Å². The van der Waals surface area contributed by atoms with Gasteiger partial charge in [-0.3, -0.25) is 0 Å². The second-order valence-corrected chi connectivity index (χ2v) is 10.4. The van der Waals surface area contributed by atoms with Crippen molar-refractivity contribution in [1.29, 1.82) is 0 Å². The second kappa shape index (κ2) is 6.28. The summed E-state index contributed by atoms with van der Waals surface area (Å²) in [6.45, 7) is 6.43. The highest BCUT2D eigenvalue weighted by Crippen LogP contribution is 2.23. The maximum absolute atomic E-state index is 10.1. The number of benzene rings is 1. The van der Waals surface area contributed by atoms with Crippen molar-refractivity contribution in [3.05, 3.63) is 29.8 Å². The molecule has 18 heavy (non-hydrogen) atoms. The van der Waals surface area contributed by atoms with E-state index >= 15 is 0 Å². The van der Waals surface area contributed by atoms with E-state index in [1.807, 2.05) is 0 Å². The second-order valence-electron chi connectivity index (χ2n) is 5.14. The first-order chi connectivity index (χ1) is 8.33. The van der Waals surface area contributed by atoms with Gasteiger partial charge in [-0.05, 0) is 17.7 Å². The van der Waals surface area contributed by atoms with Crippen LogP contribution in [0.2, 0.25) is 19.6 Å². The molecule has 0 saturated carbocycles. The lowest BCUT2D eigenvalue weighted by Gasteiger charge is -2.14. The lowest BCUT2D eigenvalue weighted by Crippen LogP contribution is -2.18. The number of methoxy groups -OCH3 is 1. The number of halogens is 1. The SMILES string of the molecule is COc1ccc([C@@H](O)[C@@H](Cl)C#C[Si](C)(C)C)cc1. The molecule has 1 aromatic rings. The predicted molar refractivity (Wildman–Crippen MR) is 78.7 cm³/mol. The number of hydrogen-bond donors (Lipinski definition) is 1. The zero-order valence-electron chi connectivity index (χ0n) is 11.2. The first-order valence-electron chi connectivity index (χ1n) is 5.82. The van der Waals surface area contributed by atoms with Crippen LogP contribution in [-0.4, -0.2) is 25.7 Å². The van der Waals surface area contributed by atoms with Gasteiger partial charge in [0.15, 0.2) is 0 Å². The van der Waals surface area contributed by atoms with Gasteiger partial charge in [-0.2, -0.15) is 0 Å². The van der Waals surface area contributed by atoms with E-state index < -0.39 is 19.6 Å². The first kappa shape index (κ1) is 15.1. The minimum Gasteiger partial charge on any atom is -0.497 e. The summed E-state index contributed by atoms with van der Waals surface area (Å²) in [7, 11) is 0.148. The van der Waals surface area contributed by atoms with E-state index in [0.717, 1.165) is 11.3 Å². The minimum atomic E-state index is -1.46. The molecule has 0 aliphatic heterocycles. The Bertz CT molecular complexity index is 440. The molecule has 0 aliphatic rings. The number of aliphatic hydroxyl groups is 1. The average molecular weight is 283 g/mol. The van der Waals surface area contributed by atoms with Gasteiger partial charge in [-0.1, -0.05) is 37.7 Å². The summed E-state index contributed by atoms with van der Waals surface area (Å²) in [5, 5.41) is 9.51. The number of aliphatic hydroxyl groups excluding tert-OH is 1. The fourth-order valence-corrected chi connectivity index (χ4v) is 2.21. The van der Waals surface area contributed by atoms with Crippen molar-refractivity contribution in [2.45, 2.75) is 31.1 Å². The van der Waals surface area contributed by atoms with Gasteiger partial charge in [0.2, 0.25) is 0 Å². The highest BCUT2D eigenvalue weighted by atomic mass is 35.5. The smallest absolute Gasteiger partial charge is 0.129 e. The van der Waals surface area contributed by atoms with Gasteiger partial charge >= 0.3 is 0 Å². The van der Waals surface area contributed by atoms with E-state index in [0.29, 0.717) is 0 Å². The number of alkyl halides is 1. The molecule has 0 heterocycles. The summed E-state index contributed by atoms with van der Waals surface area (Å²) in [6, 6.07) is 7.20. The molecular weight excluding hydrogens is 264 g/mol. The molecule has 0 spiro atoms. The zero-order valence-corrected chi connectivity index (χ0v) is 13.0. The fraction of sp³-hybridized carbons (Fsp3) is 0.429. The van der Waals surface area contributed by atoms with Crippen LogP contribution < -0.4 is 4.74 Å². The Balaban J connectivity index is 2.78. The maximum Gasteiger partial charge on any atom is 0.129 e. The summed E-state index contributed by atoms with van der Waals surface area (Å²) < 4.78 is 5.06. The summed E-state index contributed by atoms with van der Waals surface area (Å²) in [6.07, 6.45) is -0.776. The molecule has 0 bridgehead atoms. The summed E-state index contributed by atoms with van der Waals surface area (Å²) in [5.74, 6) is 3.70. The highest BCUT2D eigenvalue weighted by Gasteiger charge is 2.17. The van der Waals surface area contributed by atoms with Gasteiger partial charge in [0, 0.05) is 0 Å². The third kappa shape index (κ3) is 4.73. The van der Waals surface area contributed by atoms with Crippen molar-refractivity contribution in [1.82, 2.24) is 0 Å².